The summed E-state index contributed by atoms with van der Waals surface area (Å²) < 4.78 is 12.9. The zero-order chi connectivity index (χ0) is 41.0. The Morgan fingerprint density at radius 3 is 1.61 bits per heavy atom. The molecule has 0 amide bonds. The Morgan fingerprint density at radius 2 is 0.839 bits per heavy atom. The Morgan fingerprint density at radius 1 is 0.306 bits per heavy atom. The van der Waals surface area contributed by atoms with Crippen LogP contribution < -0.4 is 0 Å². The van der Waals surface area contributed by atoms with Gasteiger partial charge in [-0.15, -0.1) is 0 Å². The van der Waals surface area contributed by atoms with E-state index in [1.54, 1.807) is 0 Å². The highest BCUT2D eigenvalue weighted by Gasteiger charge is 2.20. The second-order valence-corrected chi connectivity index (χ2v) is 15.9. The van der Waals surface area contributed by atoms with Crippen LogP contribution >= 0.6 is 0 Å². The van der Waals surface area contributed by atoms with Gasteiger partial charge in [-0.05, 0) is 105 Å². The van der Waals surface area contributed by atoms with Crippen LogP contribution in [0.5, 0.6) is 0 Å². The second kappa shape index (κ2) is 14.8. The predicted molar refractivity (Wildman–Crippen MR) is 253 cm³/mol. The Hall–Kier alpha value is -8.15. The molecule has 62 heavy (non-hydrogen) atoms. The van der Waals surface area contributed by atoms with Gasteiger partial charge in [-0.25, -0.2) is 15.0 Å². The highest BCUT2D eigenvalue weighted by atomic mass is 16.3. The number of aromatic nitrogens is 3. The van der Waals surface area contributed by atoms with Crippen molar-refractivity contribution in [3.05, 3.63) is 212 Å². The van der Waals surface area contributed by atoms with Crippen molar-refractivity contribution in [3.63, 3.8) is 0 Å². The molecule has 1 aliphatic rings. The molecule has 8 aromatic carbocycles. The third-order valence-corrected chi connectivity index (χ3v) is 12.1. The first-order valence-corrected chi connectivity index (χ1v) is 21.0. The van der Waals surface area contributed by atoms with E-state index in [1.165, 1.54) is 22.3 Å². The van der Waals surface area contributed by atoms with Crippen molar-refractivity contribution in [2.24, 2.45) is 0 Å². The van der Waals surface area contributed by atoms with Crippen molar-refractivity contribution in [2.45, 2.75) is 12.8 Å². The minimum absolute atomic E-state index is 0.627. The largest absolute Gasteiger partial charge is 0.456 e. The van der Waals surface area contributed by atoms with Gasteiger partial charge >= 0.3 is 0 Å². The summed E-state index contributed by atoms with van der Waals surface area (Å²) in [5.74, 6) is 1.97. The van der Waals surface area contributed by atoms with E-state index in [1.807, 2.05) is 42.5 Å². The van der Waals surface area contributed by atoms with E-state index in [-0.39, 0.29) is 0 Å². The van der Waals surface area contributed by atoms with E-state index >= 15 is 0 Å². The van der Waals surface area contributed by atoms with Crippen LogP contribution in [0.15, 0.2) is 209 Å². The molecule has 0 N–H and O–H groups in total. The Labute approximate surface area is 358 Å². The van der Waals surface area contributed by atoms with Crippen molar-refractivity contribution in [2.75, 3.05) is 0 Å². The monoisotopic (exact) mass is 795 g/mol. The molecule has 0 atom stereocenters. The van der Waals surface area contributed by atoms with E-state index < -0.39 is 0 Å². The number of nitrogens with zero attached hydrogens (tertiary/aromatic N) is 3. The number of para-hydroxylation sites is 2. The van der Waals surface area contributed by atoms with Crippen LogP contribution in [0.2, 0.25) is 0 Å². The van der Waals surface area contributed by atoms with E-state index in [4.69, 9.17) is 23.8 Å². The van der Waals surface area contributed by atoms with Crippen molar-refractivity contribution >= 4 is 55.0 Å². The molecule has 3 heterocycles. The van der Waals surface area contributed by atoms with Crippen LogP contribution in [-0.2, 0) is 0 Å². The van der Waals surface area contributed by atoms with Crippen LogP contribution in [0.1, 0.15) is 24.2 Å². The smallest absolute Gasteiger partial charge is 0.164 e. The third-order valence-electron chi connectivity index (χ3n) is 12.1. The molecule has 5 nitrogen and oxygen atoms in total. The van der Waals surface area contributed by atoms with Crippen LogP contribution in [0.25, 0.3) is 111 Å². The average Bonchev–Trinajstić information content (AvgIpc) is 3.92. The Balaban J connectivity index is 0.954. The summed E-state index contributed by atoms with van der Waals surface area (Å²) in [4.78, 5) is 15.4. The van der Waals surface area contributed by atoms with Crippen molar-refractivity contribution in [3.8, 4) is 56.2 Å². The van der Waals surface area contributed by atoms with Crippen LogP contribution in [0, 0.1) is 0 Å². The van der Waals surface area contributed by atoms with Gasteiger partial charge in [-0.3, -0.25) is 0 Å². The summed E-state index contributed by atoms with van der Waals surface area (Å²) >= 11 is 0. The maximum Gasteiger partial charge on any atom is 0.164 e. The fraction of sp³-hybridized carbons (Fsp3) is 0.0351. The number of rotatable bonds is 7. The molecule has 0 spiro atoms. The zero-order valence-electron chi connectivity index (χ0n) is 33.6. The number of fused-ring (bicyclic) bond motifs is 6. The standard InChI is InChI=1S/C57H37N3O2/c1-3-12-36(13-4-1)37-22-24-38(25-23-37)39-26-28-41(29-27-39)56-58-55(40-14-5-2-6-15-40)59-57(60-56)44-17-11-16-43(32-44)49-33-45(35-53-54(49)48-19-8-10-21-51(48)62-53)42-30-31-47-46-18-7-9-20-50(46)61-52(47)34-42/h1-26,28,30-35H,27,29H2. The molecule has 0 radical (unpaired) electrons. The second-order valence-electron chi connectivity index (χ2n) is 15.9. The molecule has 0 aliphatic heterocycles. The van der Waals surface area contributed by atoms with E-state index in [2.05, 4.69) is 158 Å². The number of furan rings is 2. The first kappa shape index (κ1) is 35.8. The topological polar surface area (TPSA) is 65.0 Å². The molecule has 0 bridgehead atoms. The van der Waals surface area contributed by atoms with Gasteiger partial charge in [0.25, 0.3) is 0 Å². The average molecular weight is 796 g/mol. The predicted octanol–water partition coefficient (Wildman–Crippen LogP) is 15.3. The number of allylic oxidation sites excluding steroid dienone is 4. The summed E-state index contributed by atoms with van der Waals surface area (Å²) in [5.41, 5.74) is 15.5. The van der Waals surface area contributed by atoms with Gasteiger partial charge < -0.3 is 8.83 Å². The normalized spacial score (nSPS) is 12.9. The van der Waals surface area contributed by atoms with Gasteiger partial charge in [-0.2, -0.15) is 0 Å². The lowest BCUT2D eigenvalue weighted by Crippen LogP contribution is -2.04. The minimum Gasteiger partial charge on any atom is -0.456 e. The Kier molecular flexibility index (Phi) is 8.56. The highest BCUT2D eigenvalue weighted by molar-refractivity contribution is 6.14. The van der Waals surface area contributed by atoms with Gasteiger partial charge in [-0.1, -0.05) is 158 Å². The fourth-order valence-corrected chi connectivity index (χ4v) is 8.92. The minimum atomic E-state index is 0.627. The van der Waals surface area contributed by atoms with Crippen molar-refractivity contribution < 1.29 is 8.83 Å². The van der Waals surface area contributed by atoms with E-state index in [0.717, 1.165) is 95.7 Å². The SMILES string of the molecule is C1=C(c2ccc(-c3ccccc3)cc2)CCC(c2nc(-c3ccccc3)nc(-c3cccc(-c4cc(-c5ccc6c(c5)oc5ccccc56)cc5oc6ccccc6c45)c3)n2)=C1. The van der Waals surface area contributed by atoms with E-state index in [0.29, 0.717) is 17.5 Å². The lowest BCUT2D eigenvalue weighted by atomic mass is 9.92. The van der Waals surface area contributed by atoms with Gasteiger partial charge in [0.15, 0.2) is 17.5 Å². The highest BCUT2D eigenvalue weighted by Crippen LogP contribution is 2.42. The first-order valence-electron chi connectivity index (χ1n) is 21.0. The number of hydrogen-bond donors (Lipinski definition) is 0. The van der Waals surface area contributed by atoms with E-state index in [9.17, 15) is 0 Å². The molecule has 12 rings (SSSR count). The molecule has 0 fully saturated rings. The van der Waals surface area contributed by atoms with Crippen LogP contribution in [0.4, 0.5) is 0 Å². The van der Waals surface area contributed by atoms with Gasteiger partial charge in [0.2, 0.25) is 0 Å². The molecule has 292 valence electrons. The summed E-state index contributed by atoms with van der Waals surface area (Å²) in [5, 5.41) is 4.35. The number of hydrogen-bond acceptors (Lipinski definition) is 5. The van der Waals surface area contributed by atoms with Gasteiger partial charge in [0.1, 0.15) is 22.3 Å². The summed E-state index contributed by atoms with van der Waals surface area (Å²) in [6, 6.07) is 65.4. The quantitative estimate of drug-likeness (QED) is 0.161. The molecule has 11 aromatic rings. The Bertz CT molecular complexity index is 3560. The summed E-state index contributed by atoms with van der Waals surface area (Å²) in [6.45, 7) is 0. The zero-order valence-corrected chi connectivity index (χ0v) is 33.6. The fourth-order valence-electron chi connectivity index (χ4n) is 8.92. The van der Waals surface area contributed by atoms with Crippen molar-refractivity contribution in [1.29, 1.82) is 0 Å². The van der Waals surface area contributed by atoms with Crippen LogP contribution in [-0.4, -0.2) is 15.0 Å². The lowest BCUT2D eigenvalue weighted by Gasteiger charge is -2.16. The molecule has 3 aromatic heterocycles. The third kappa shape index (κ3) is 6.39. The lowest BCUT2D eigenvalue weighted by molar-refractivity contribution is 0.668. The molecular formula is C57H37N3O2. The molecule has 0 saturated heterocycles. The maximum atomic E-state index is 6.57. The molecule has 1 aliphatic carbocycles. The van der Waals surface area contributed by atoms with Crippen molar-refractivity contribution in [1.82, 2.24) is 15.0 Å². The van der Waals surface area contributed by atoms with Crippen LogP contribution in [0.3, 0.4) is 0 Å². The molecular weight excluding hydrogens is 759 g/mol. The maximum absolute atomic E-state index is 6.57. The molecule has 0 unspecified atom stereocenters. The molecule has 0 saturated carbocycles. The number of benzene rings is 8. The molecule has 5 heteroatoms. The summed E-state index contributed by atoms with van der Waals surface area (Å²) in [7, 11) is 0. The van der Waals surface area contributed by atoms with Gasteiger partial charge in [0, 0.05) is 32.7 Å². The van der Waals surface area contributed by atoms with Gasteiger partial charge in [0.05, 0.1) is 0 Å². The first-order chi connectivity index (χ1) is 30.7. The summed E-state index contributed by atoms with van der Waals surface area (Å²) in [6.07, 6.45) is 6.12.